The highest BCUT2D eigenvalue weighted by atomic mass is 16.5. The zero-order valence-electron chi connectivity index (χ0n) is 15.3. The van der Waals surface area contributed by atoms with Gasteiger partial charge in [-0.25, -0.2) is 4.98 Å². The summed E-state index contributed by atoms with van der Waals surface area (Å²) in [5.41, 5.74) is 1.78. The van der Waals surface area contributed by atoms with Crippen LogP contribution in [0.1, 0.15) is 48.5 Å². The summed E-state index contributed by atoms with van der Waals surface area (Å²) in [6.45, 7) is 2.46. The number of nitrogens with zero attached hydrogens (tertiary/aromatic N) is 1. The fraction of sp³-hybridized carbons (Fsp3) is 0.381. The van der Waals surface area contributed by atoms with E-state index in [2.05, 4.69) is 15.6 Å². The van der Waals surface area contributed by atoms with Gasteiger partial charge in [0.15, 0.2) is 0 Å². The number of amides is 2. The van der Waals surface area contributed by atoms with Gasteiger partial charge in [-0.2, -0.15) is 0 Å². The number of aromatic nitrogens is 1. The lowest BCUT2D eigenvalue weighted by molar-refractivity contribution is -0.122. The topological polar surface area (TPSA) is 80.3 Å². The Morgan fingerprint density at radius 2 is 2.11 bits per heavy atom. The molecule has 6 heteroatoms. The number of rotatable bonds is 4. The maximum atomic E-state index is 12.8. The van der Waals surface area contributed by atoms with Gasteiger partial charge in [0.1, 0.15) is 6.10 Å². The number of hydrogen-bond donors (Lipinski definition) is 2. The Balaban J connectivity index is 1.54. The Kier molecular flexibility index (Phi) is 4.56. The highest BCUT2D eigenvalue weighted by molar-refractivity contribution is 6.07. The quantitative estimate of drug-likeness (QED) is 0.873. The molecule has 1 saturated carbocycles. The van der Waals surface area contributed by atoms with Gasteiger partial charge in [0.25, 0.3) is 5.91 Å². The molecule has 1 aromatic heterocycles. The number of carbonyl (C=O) groups excluding carboxylic acids is 2. The lowest BCUT2D eigenvalue weighted by atomic mass is 9.69. The molecule has 0 atom stereocenters. The van der Waals surface area contributed by atoms with Crippen molar-refractivity contribution in [3.05, 3.63) is 53.7 Å². The van der Waals surface area contributed by atoms with Crippen molar-refractivity contribution in [2.45, 2.75) is 44.1 Å². The van der Waals surface area contributed by atoms with Crippen LogP contribution in [0.4, 0.5) is 5.69 Å². The third kappa shape index (κ3) is 3.16. The third-order valence-electron chi connectivity index (χ3n) is 5.53. The number of nitrogens with one attached hydrogen (secondary N) is 2. The van der Waals surface area contributed by atoms with Crippen LogP contribution in [0.15, 0.2) is 42.6 Å². The van der Waals surface area contributed by atoms with E-state index in [4.69, 9.17) is 4.74 Å². The Bertz CT molecular complexity index is 858. The number of hydrogen-bond acceptors (Lipinski definition) is 4. The molecule has 4 rings (SSSR count). The van der Waals surface area contributed by atoms with E-state index in [1.165, 1.54) is 0 Å². The third-order valence-corrected chi connectivity index (χ3v) is 5.53. The van der Waals surface area contributed by atoms with Gasteiger partial charge < -0.3 is 15.4 Å². The van der Waals surface area contributed by atoms with Crippen LogP contribution in [0.2, 0.25) is 0 Å². The molecule has 0 unspecified atom stereocenters. The van der Waals surface area contributed by atoms with Crippen LogP contribution in [-0.4, -0.2) is 29.4 Å². The Labute approximate surface area is 158 Å². The molecule has 0 saturated heterocycles. The van der Waals surface area contributed by atoms with Gasteiger partial charge in [-0.3, -0.25) is 9.59 Å². The van der Waals surface area contributed by atoms with Gasteiger partial charge in [0.2, 0.25) is 11.8 Å². The van der Waals surface area contributed by atoms with Crippen LogP contribution in [0.25, 0.3) is 0 Å². The van der Waals surface area contributed by atoms with Gasteiger partial charge in [0, 0.05) is 30.1 Å². The van der Waals surface area contributed by atoms with Crippen molar-refractivity contribution in [2.24, 2.45) is 0 Å². The van der Waals surface area contributed by atoms with Gasteiger partial charge in [-0.05, 0) is 62.4 Å². The second-order valence-electron chi connectivity index (χ2n) is 7.14. The van der Waals surface area contributed by atoms with E-state index >= 15 is 0 Å². The maximum absolute atomic E-state index is 12.8. The summed E-state index contributed by atoms with van der Waals surface area (Å²) in [4.78, 5) is 29.2. The second-order valence-corrected chi connectivity index (χ2v) is 7.14. The number of anilines is 1. The van der Waals surface area contributed by atoms with Gasteiger partial charge in [-0.15, -0.1) is 0 Å². The van der Waals surface area contributed by atoms with Crippen LogP contribution in [0.5, 0.6) is 5.88 Å². The van der Waals surface area contributed by atoms with Crippen molar-refractivity contribution in [2.75, 3.05) is 11.9 Å². The number of benzene rings is 1. The molecule has 2 heterocycles. The predicted octanol–water partition coefficient (Wildman–Crippen LogP) is 3.04. The summed E-state index contributed by atoms with van der Waals surface area (Å²) < 4.78 is 5.97. The summed E-state index contributed by atoms with van der Waals surface area (Å²) >= 11 is 0. The summed E-state index contributed by atoms with van der Waals surface area (Å²) in [6, 6.07) is 11.1. The summed E-state index contributed by atoms with van der Waals surface area (Å²) in [5, 5.41) is 5.82. The van der Waals surface area contributed by atoms with E-state index in [9.17, 15) is 9.59 Å². The average Bonchev–Trinajstić information content (AvgIpc) is 2.95. The lowest BCUT2D eigenvalue weighted by Crippen LogP contribution is -2.41. The zero-order valence-corrected chi connectivity index (χ0v) is 15.3. The molecule has 2 amide bonds. The molecular weight excluding hydrogens is 342 g/mol. The van der Waals surface area contributed by atoms with Crippen molar-refractivity contribution in [3.63, 3.8) is 0 Å². The van der Waals surface area contributed by atoms with E-state index in [1.54, 1.807) is 12.3 Å². The van der Waals surface area contributed by atoms with Crippen molar-refractivity contribution >= 4 is 17.5 Å². The standard InChI is InChI=1S/C21H23N3O3/c1-2-22-19(25)14-6-7-17-16(13-14)21(20(26)24-17)10-8-15(9-11-21)27-18-5-3-4-12-23-18/h3-7,12-13,15H,2,8-11H2,1H3,(H,22,25)(H,24,26). The van der Waals surface area contributed by atoms with E-state index < -0.39 is 5.41 Å². The molecule has 2 N–H and O–H groups in total. The monoisotopic (exact) mass is 365 g/mol. The van der Waals surface area contributed by atoms with Crippen LogP contribution in [0, 0.1) is 0 Å². The fourth-order valence-corrected chi connectivity index (χ4v) is 4.10. The van der Waals surface area contributed by atoms with Gasteiger partial charge >= 0.3 is 0 Å². The number of ether oxygens (including phenoxy) is 1. The minimum atomic E-state index is -0.568. The largest absolute Gasteiger partial charge is 0.474 e. The van der Waals surface area contributed by atoms with Crippen LogP contribution in [-0.2, 0) is 10.2 Å². The van der Waals surface area contributed by atoms with E-state index in [-0.39, 0.29) is 17.9 Å². The molecule has 27 heavy (non-hydrogen) atoms. The normalized spacial score (nSPS) is 23.6. The maximum Gasteiger partial charge on any atom is 0.251 e. The molecule has 1 spiro atoms. The molecule has 1 aliphatic heterocycles. The first kappa shape index (κ1) is 17.5. The number of carbonyl (C=O) groups is 2. The highest BCUT2D eigenvalue weighted by Crippen LogP contribution is 2.48. The van der Waals surface area contributed by atoms with Crippen molar-refractivity contribution in [1.29, 1.82) is 0 Å². The lowest BCUT2D eigenvalue weighted by Gasteiger charge is -2.35. The van der Waals surface area contributed by atoms with E-state index in [1.807, 2.05) is 37.3 Å². The van der Waals surface area contributed by atoms with Crippen molar-refractivity contribution in [3.8, 4) is 5.88 Å². The molecule has 1 aliphatic carbocycles. The smallest absolute Gasteiger partial charge is 0.251 e. The number of pyridine rings is 1. The van der Waals surface area contributed by atoms with Crippen molar-refractivity contribution < 1.29 is 14.3 Å². The van der Waals surface area contributed by atoms with Crippen LogP contribution >= 0.6 is 0 Å². The van der Waals surface area contributed by atoms with E-state index in [0.29, 0.717) is 30.8 Å². The highest BCUT2D eigenvalue weighted by Gasteiger charge is 2.49. The molecule has 2 aromatic rings. The van der Waals surface area contributed by atoms with Crippen LogP contribution < -0.4 is 15.4 Å². The SMILES string of the molecule is CCNC(=O)c1ccc2c(c1)C1(CCC(Oc3ccccn3)CC1)C(=O)N2. The summed E-state index contributed by atoms with van der Waals surface area (Å²) in [7, 11) is 0. The minimum Gasteiger partial charge on any atom is -0.474 e. The second kappa shape index (κ2) is 7.02. The number of fused-ring (bicyclic) bond motifs is 2. The fourth-order valence-electron chi connectivity index (χ4n) is 4.10. The molecule has 140 valence electrons. The Morgan fingerprint density at radius 1 is 1.30 bits per heavy atom. The Hall–Kier alpha value is -2.89. The zero-order chi connectivity index (χ0) is 18.9. The summed E-state index contributed by atoms with van der Waals surface area (Å²) in [5.74, 6) is 0.539. The van der Waals surface area contributed by atoms with Gasteiger partial charge in [-0.1, -0.05) is 6.07 Å². The average molecular weight is 365 g/mol. The first-order valence-electron chi connectivity index (χ1n) is 9.44. The molecular formula is C21H23N3O3. The molecule has 1 fully saturated rings. The van der Waals surface area contributed by atoms with Crippen LogP contribution in [0.3, 0.4) is 0 Å². The van der Waals surface area contributed by atoms with E-state index in [0.717, 1.165) is 24.1 Å². The molecule has 0 bridgehead atoms. The first-order chi connectivity index (χ1) is 13.1. The van der Waals surface area contributed by atoms with Gasteiger partial charge in [0.05, 0.1) is 5.41 Å². The van der Waals surface area contributed by atoms with Crippen molar-refractivity contribution in [1.82, 2.24) is 10.3 Å². The molecule has 1 aromatic carbocycles. The molecule has 0 radical (unpaired) electrons. The first-order valence-corrected chi connectivity index (χ1v) is 9.44. The molecule has 6 nitrogen and oxygen atoms in total. The Morgan fingerprint density at radius 3 is 2.81 bits per heavy atom. The molecule has 2 aliphatic rings. The minimum absolute atomic E-state index is 0.0295. The predicted molar refractivity (Wildman–Crippen MR) is 102 cm³/mol. The summed E-state index contributed by atoms with van der Waals surface area (Å²) in [6.07, 6.45) is 4.70.